The van der Waals surface area contributed by atoms with Crippen LogP contribution in [-0.4, -0.2) is 12.5 Å². The van der Waals surface area contributed by atoms with E-state index < -0.39 is 0 Å². The van der Waals surface area contributed by atoms with Gasteiger partial charge in [0.05, 0.1) is 5.70 Å². The number of rotatable bonds is 2. The Kier molecular flexibility index (Phi) is 2.85. The molecule has 0 atom stereocenters. The molecule has 0 aliphatic carbocycles. The second kappa shape index (κ2) is 3.28. The first-order valence-electron chi connectivity index (χ1n) is 1.94. The standard InChI is InChI=1S/C5H7NO/c1-3-6-5(2)4-7/h3-4H,2H2,1H3/b6-3-. The second-order valence-corrected chi connectivity index (χ2v) is 0.996. The van der Waals surface area contributed by atoms with Crippen LogP contribution in [0, 0.1) is 0 Å². The van der Waals surface area contributed by atoms with Crippen molar-refractivity contribution in [3.05, 3.63) is 12.3 Å². The largest absolute Gasteiger partial charge is 0.296 e. The highest BCUT2D eigenvalue weighted by molar-refractivity contribution is 5.75. The molecule has 0 rings (SSSR count). The van der Waals surface area contributed by atoms with Crippen LogP contribution in [0.2, 0.25) is 0 Å². The molecule has 0 aromatic heterocycles. The predicted octanol–water partition coefficient (Wildman–Crippen LogP) is 0.790. The highest BCUT2D eigenvalue weighted by atomic mass is 16.1. The summed E-state index contributed by atoms with van der Waals surface area (Å²) in [4.78, 5) is 13.2. The first-order valence-corrected chi connectivity index (χ1v) is 1.94. The van der Waals surface area contributed by atoms with Crippen molar-refractivity contribution < 1.29 is 4.79 Å². The third kappa shape index (κ3) is 2.89. The molecule has 0 aromatic rings. The highest BCUT2D eigenvalue weighted by Crippen LogP contribution is 1.80. The van der Waals surface area contributed by atoms with Crippen LogP contribution in [0.3, 0.4) is 0 Å². The first kappa shape index (κ1) is 6.08. The Bertz CT molecular complexity index is 105. The van der Waals surface area contributed by atoms with Crippen LogP contribution >= 0.6 is 0 Å². The minimum absolute atomic E-state index is 0.266. The molecular weight excluding hydrogens is 90.1 g/mol. The maximum atomic E-state index is 9.68. The number of aliphatic imine (C=N–C) groups is 1. The van der Waals surface area contributed by atoms with Gasteiger partial charge in [-0.1, -0.05) is 6.58 Å². The van der Waals surface area contributed by atoms with Gasteiger partial charge in [-0.05, 0) is 6.92 Å². The zero-order valence-electron chi connectivity index (χ0n) is 4.22. The van der Waals surface area contributed by atoms with Gasteiger partial charge in [0.2, 0.25) is 0 Å². The third-order valence-electron chi connectivity index (χ3n) is 0.431. The maximum absolute atomic E-state index is 9.68. The molecule has 0 radical (unpaired) electrons. The third-order valence-corrected chi connectivity index (χ3v) is 0.431. The topological polar surface area (TPSA) is 29.4 Å². The molecule has 0 aromatic carbocycles. The molecule has 2 nitrogen and oxygen atoms in total. The van der Waals surface area contributed by atoms with Crippen LogP contribution in [-0.2, 0) is 4.79 Å². The van der Waals surface area contributed by atoms with Gasteiger partial charge in [-0.3, -0.25) is 9.79 Å². The van der Waals surface area contributed by atoms with E-state index in [4.69, 9.17) is 0 Å². The lowest BCUT2D eigenvalue weighted by Crippen LogP contribution is -1.73. The number of aldehydes is 1. The average Bonchev–Trinajstić information content (AvgIpc) is 1.68. The van der Waals surface area contributed by atoms with Gasteiger partial charge in [-0.2, -0.15) is 0 Å². The number of carbonyl (C=O) groups is 1. The Labute approximate surface area is 42.6 Å². The lowest BCUT2D eigenvalue weighted by Gasteiger charge is -1.76. The van der Waals surface area contributed by atoms with Crippen molar-refractivity contribution in [2.24, 2.45) is 4.99 Å². The number of hydrogen-bond acceptors (Lipinski definition) is 2. The van der Waals surface area contributed by atoms with Gasteiger partial charge in [-0.15, -0.1) is 0 Å². The van der Waals surface area contributed by atoms with Crippen LogP contribution in [0.1, 0.15) is 6.92 Å². The van der Waals surface area contributed by atoms with Crippen molar-refractivity contribution in [2.75, 3.05) is 0 Å². The Hall–Kier alpha value is -0.920. The molecule has 0 fully saturated rings. The molecule has 0 saturated carbocycles. The average molecular weight is 97.1 g/mol. The van der Waals surface area contributed by atoms with E-state index in [0.717, 1.165) is 0 Å². The molecule has 0 N–H and O–H groups in total. The quantitative estimate of drug-likeness (QED) is 0.284. The Morgan fingerprint density at radius 2 is 2.43 bits per heavy atom. The van der Waals surface area contributed by atoms with E-state index in [1.807, 2.05) is 0 Å². The van der Waals surface area contributed by atoms with Crippen molar-refractivity contribution >= 4 is 12.5 Å². The first-order chi connectivity index (χ1) is 3.31. The van der Waals surface area contributed by atoms with Crippen LogP contribution in [0.4, 0.5) is 0 Å². The summed E-state index contributed by atoms with van der Waals surface area (Å²) in [6, 6.07) is 0. The maximum Gasteiger partial charge on any atom is 0.167 e. The lowest BCUT2D eigenvalue weighted by atomic mass is 10.6. The SMILES string of the molecule is C=C(C=O)/N=C\C. The minimum Gasteiger partial charge on any atom is -0.296 e. The van der Waals surface area contributed by atoms with Gasteiger partial charge in [0, 0.05) is 6.21 Å². The van der Waals surface area contributed by atoms with Crippen molar-refractivity contribution in [1.29, 1.82) is 0 Å². The van der Waals surface area contributed by atoms with Crippen LogP contribution in [0.15, 0.2) is 17.3 Å². The fourth-order valence-corrected chi connectivity index (χ4v) is 0.196. The molecule has 0 bridgehead atoms. The van der Waals surface area contributed by atoms with Gasteiger partial charge in [0.15, 0.2) is 6.29 Å². The minimum atomic E-state index is 0.266. The molecule has 0 aliphatic heterocycles. The molecule has 0 unspecified atom stereocenters. The number of allylic oxidation sites excluding steroid dienone is 1. The molecule has 0 saturated heterocycles. The Morgan fingerprint density at radius 3 is 2.57 bits per heavy atom. The van der Waals surface area contributed by atoms with E-state index in [9.17, 15) is 4.79 Å². The van der Waals surface area contributed by atoms with E-state index in [2.05, 4.69) is 11.6 Å². The summed E-state index contributed by atoms with van der Waals surface area (Å²) in [6.45, 7) is 5.03. The zero-order valence-corrected chi connectivity index (χ0v) is 4.22. The molecule has 2 heteroatoms. The van der Waals surface area contributed by atoms with Crippen LogP contribution in [0.5, 0.6) is 0 Å². The van der Waals surface area contributed by atoms with E-state index in [0.29, 0.717) is 6.29 Å². The van der Waals surface area contributed by atoms with Crippen molar-refractivity contribution in [3.63, 3.8) is 0 Å². The summed E-state index contributed by atoms with van der Waals surface area (Å²) in [5.41, 5.74) is 0.266. The molecule has 7 heavy (non-hydrogen) atoms. The smallest absolute Gasteiger partial charge is 0.167 e. The van der Waals surface area contributed by atoms with Gasteiger partial charge in [-0.25, -0.2) is 0 Å². The molecule has 0 aliphatic rings. The normalized spacial score (nSPS) is 9.29. The van der Waals surface area contributed by atoms with Crippen molar-refractivity contribution in [1.82, 2.24) is 0 Å². The van der Waals surface area contributed by atoms with E-state index in [-0.39, 0.29) is 5.70 Å². The summed E-state index contributed by atoms with van der Waals surface area (Å²) in [6.07, 6.45) is 2.14. The van der Waals surface area contributed by atoms with Crippen molar-refractivity contribution in [3.8, 4) is 0 Å². The van der Waals surface area contributed by atoms with Crippen LogP contribution in [0.25, 0.3) is 0 Å². The summed E-state index contributed by atoms with van der Waals surface area (Å²) in [7, 11) is 0. The second-order valence-electron chi connectivity index (χ2n) is 0.996. The molecular formula is C5H7NO. The highest BCUT2D eigenvalue weighted by Gasteiger charge is 1.75. The number of nitrogens with zero attached hydrogens (tertiary/aromatic N) is 1. The molecule has 0 amide bonds. The number of carbonyl (C=O) groups excluding carboxylic acids is 1. The van der Waals surface area contributed by atoms with Crippen LogP contribution < -0.4 is 0 Å². The van der Waals surface area contributed by atoms with Gasteiger partial charge >= 0.3 is 0 Å². The van der Waals surface area contributed by atoms with E-state index in [1.54, 1.807) is 6.92 Å². The molecule has 0 spiro atoms. The Morgan fingerprint density at radius 1 is 1.86 bits per heavy atom. The summed E-state index contributed by atoms with van der Waals surface area (Å²) in [5, 5.41) is 0. The molecule has 0 heterocycles. The lowest BCUT2D eigenvalue weighted by molar-refractivity contribution is -0.104. The molecule has 38 valence electrons. The van der Waals surface area contributed by atoms with Gasteiger partial charge in [0.1, 0.15) is 0 Å². The fourth-order valence-electron chi connectivity index (χ4n) is 0.196. The Balaban J connectivity index is 3.58. The predicted molar refractivity (Wildman–Crippen MR) is 29.4 cm³/mol. The zero-order chi connectivity index (χ0) is 5.70. The van der Waals surface area contributed by atoms with Gasteiger partial charge in [0.25, 0.3) is 0 Å². The van der Waals surface area contributed by atoms with E-state index in [1.165, 1.54) is 6.21 Å². The van der Waals surface area contributed by atoms with E-state index >= 15 is 0 Å². The summed E-state index contributed by atoms with van der Waals surface area (Å²) in [5.74, 6) is 0. The van der Waals surface area contributed by atoms with Crippen molar-refractivity contribution in [2.45, 2.75) is 6.92 Å². The summed E-state index contributed by atoms with van der Waals surface area (Å²) >= 11 is 0. The number of hydrogen-bond donors (Lipinski definition) is 0. The van der Waals surface area contributed by atoms with Gasteiger partial charge < -0.3 is 0 Å². The summed E-state index contributed by atoms with van der Waals surface area (Å²) < 4.78 is 0. The fraction of sp³-hybridized carbons (Fsp3) is 0.200. The monoisotopic (exact) mass is 97.1 g/mol.